The molecule has 0 aliphatic carbocycles. The summed E-state index contributed by atoms with van der Waals surface area (Å²) in [6.07, 6.45) is 3.02. The molecule has 0 atom stereocenters. The van der Waals surface area contributed by atoms with Gasteiger partial charge >= 0.3 is 0 Å². The third-order valence-corrected chi connectivity index (χ3v) is 2.69. The van der Waals surface area contributed by atoms with Crippen LogP contribution in [0.1, 0.15) is 35.3 Å². The standard InChI is InChI=1S/C13H19ClN2O2/c1-10-8-11(9-12(14)16-10)13(17)15-6-4-3-5-7-18-2/h8-9H,3-7H2,1-2H3,(H,15,17). The van der Waals surface area contributed by atoms with Crippen LogP contribution >= 0.6 is 11.6 Å². The van der Waals surface area contributed by atoms with Gasteiger partial charge < -0.3 is 10.1 Å². The van der Waals surface area contributed by atoms with E-state index >= 15 is 0 Å². The number of rotatable bonds is 7. The lowest BCUT2D eigenvalue weighted by molar-refractivity contribution is 0.0952. The first-order chi connectivity index (χ1) is 8.63. The van der Waals surface area contributed by atoms with E-state index in [1.165, 1.54) is 0 Å². The summed E-state index contributed by atoms with van der Waals surface area (Å²) in [4.78, 5) is 15.8. The first-order valence-electron chi connectivity index (χ1n) is 6.05. The van der Waals surface area contributed by atoms with Gasteiger partial charge in [0, 0.05) is 31.5 Å². The highest BCUT2D eigenvalue weighted by molar-refractivity contribution is 6.29. The van der Waals surface area contributed by atoms with Gasteiger partial charge in [-0.2, -0.15) is 0 Å². The van der Waals surface area contributed by atoms with Gasteiger partial charge in [-0.3, -0.25) is 4.79 Å². The van der Waals surface area contributed by atoms with E-state index in [1.807, 2.05) is 6.92 Å². The highest BCUT2D eigenvalue weighted by atomic mass is 35.5. The number of aromatic nitrogens is 1. The topological polar surface area (TPSA) is 51.2 Å². The lowest BCUT2D eigenvalue weighted by Gasteiger charge is -2.06. The van der Waals surface area contributed by atoms with Gasteiger partial charge in [0.15, 0.2) is 0 Å². The average molecular weight is 271 g/mol. The molecule has 1 heterocycles. The van der Waals surface area contributed by atoms with E-state index in [0.29, 0.717) is 17.3 Å². The van der Waals surface area contributed by atoms with E-state index in [0.717, 1.165) is 31.6 Å². The Bertz CT molecular complexity index is 376. The van der Waals surface area contributed by atoms with Crippen molar-refractivity contribution in [3.8, 4) is 0 Å². The van der Waals surface area contributed by atoms with Crippen molar-refractivity contribution in [1.82, 2.24) is 10.3 Å². The molecule has 0 radical (unpaired) electrons. The fourth-order valence-electron chi connectivity index (χ4n) is 1.61. The van der Waals surface area contributed by atoms with Gasteiger partial charge in [0.25, 0.3) is 5.91 Å². The maximum absolute atomic E-state index is 11.8. The summed E-state index contributed by atoms with van der Waals surface area (Å²) in [5, 5.41) is 3.21. The van der Waals surface area contributed by atoms with Crippen molar-refractivity contribution in [3.05, 3.63) is 28.5 Å². The van der Waals surface area contributed by atoms with Crippen LogP contribution in [0.4, 0.5) is 0 Å². The monoisotopic (exact) mass is 270 g/mol. The molecule has 0 saturated heterocycles. The number of unbranched alkanes of at least 4 members (excludes halogenated alkanes) is 2. The zero-order chi connectivity index (χ0) is 13.4. The molecule has 1 aromatic heterocycles. The molecule has 0 spiro atoms. The van der Waals surface area contributed by atoms with Crippen molar-refractivity contribution >= 4 is 17.5 Å². The van der Waals surface area contributed by atoms with Crippen LogP contribution in [0.2, 0.25) is 5.15 Å². The average Bonchev–Trinajstić information content (AvgIpc) is 2.32. The quantitative estimate of drug-likeness (QED) is 0.612. The number of ether oxygens (including phenoxy) is 1. The van der Waals surface area contributed by atoms with Crippen LogP contribution in [-0.4, -0.2) is 31.2 Å². The molecule has 100 valence electrons. The highest BCUT2D eigenvalue weighted by Gasteiger charge is 2.06. The molecular formula is C13H19ClN2O2. The second kappa shape index (κ2) is 8.06. The number of hydrogen-bond donors (Lipinski definition) is 1. The largest absolute Gasteiger partial charge is 0.385 e. The first-order valence-corrected chi connectivity index (χ1v) is 6.42. The number of carbonyl (C=O) groups is 1. The molecule has 1 rings (SSSR count). The minimum Gasteiger partial charge on any atom is -0.385 e. The minimum absolute atomic E-state index is 0.103. The lowest BCUT2D eigenvalue weighted by Crippen LogP contribution is -2.24. The smallest absolute Gasteiger partial charge is 0.251 e. The maximum atomic E-state index is 11.8. The van der Waals surface area contributed by atoms with Crippen LogP contribution in [0, 0.1) is 6.92 Å². The second-order valence-electron chi connectivity index (χ2n) is 4.13. The summed E-state index contributed by atoms with van der Waals surface area (Å²) in [6, 6.07) is 3.31. The molecule has 0 unspecified atom stereocenters. The van der Waals surface area contributed by atoms with E-state index in [2.05, 4.69) is 10.3 Å². The normalized spacial score (nSPS) is 10.4. The van der Waals surface area contributed by atoms with Gasteiger partial charge in [0.1, 0.15) is 5.15 Å². The number of pyridine rings is 1. The molecule has 1 aromatic rings. The Balaban J connectivity index is 2.32. The molecule has 4 nitrogen and oxygen atoms in total. The number of carbonyl (C=O) groups excluding carboxylic acids is 1. The predicted octanol–water partition coefficient (Wildman–Crippen LogP) is 2.59. The summed E-state index contributed by atoms with van der Waals surface area (Å²) >= 11 is 5.81. The summed E-state index contributed by atoms with van der Waals surface area (Å²) in [6.45, 7) is 3.25. The summed E-state index contributed by atoms with van der Waals surface area (Å²) in [5.74, 6) is -0.103. The van der Waals surface area contributed by atoms with Crippen LogP contribution in [0.3, 0.4) is 0 Å². The first kappa shape index (κ1) is 14.9. The number of halogens is 1. The number of nitrogens with one attached hydrogen (secondary N) is 1. The summed E-state index contributed by atoms with van der Waals surface area (Å²) in [7, 11) is 1.69. The van der Waals surface area contributed by atoms with Crippen LogP contribution in [0.5, 0.6) is 0 Å². The SMILES string of the molecule is COCCCCCNC(=O)c1cc(C)nc(Cl)c1. The van der Waals surface area contributed by atoms with E-state index < -0.39 is 0 Å². The molecule has 0 aromatic carbocycles. The van der Waals surface area contributed by atoms with Gasteiger partial charge in [-0.15, -0.1) is 0 Å². The molecule has 0 saturated carbocycles. The van der Waals surface area contributed by atoms with Crippen molar-refractivity contribution in [2.45, 2.75) is 26.2 Å². The minimum atomic E-state index is -0.103. The van der Waals surface area contributed by atoms with Gasteiger partial charge in [0.05, 0.1) is 0 Å². The predicted molar refractivity (Wildman–Crippen MR) is 72.0 cm³/mol. The summed E-state index contributed by atoms with van der Waals surface area (Å²) in [5.41, 5.74) is 1.30. The number of amides is 1. The maximum Gasteiger partial charge on any atom is 0.251 e. The zero-order valence-electron chi connectivity index (χ0n) is 10.8. The van der Waals surface area contributed by atoms with Crippen molar-refractivity contribution < 1.29 is 9.53 Å². The fourth-order valence-corrected chi connectivity index (χ4v) is 1.86. The molecule has 5 heteroatoms. The lowest BCUT2D eigenvalue weighted by atomic mass is 10.2. The van der Waals surface area contributed by atoms with Crippen LogP contribution in [-0.2, 0) is 4.74 Å². The second-order valence-corrected chi connectivity index (χ2v) is 4.52. The Morgan fingerprint density at radius 2 is 2.17 bits per heavy atom. The highest BCUT2D eigenvalue weighted by Crippen LogP contribution is 2.10. The number of aryl methyl sites for hydroxylation is 1. The van der Waals surface area contributed by atoms with E-state index in [-0.39, 0.29) is 5.91 Å². The molecule has 0 fully saturated rings. The molecule has 0 bridgehead atoms. The molecule has 0 aliphatic rings. The Labute approximate surface area is 113 Å². The van der Waals surface area contributed by atoms with Crippen LogP contribution < -0.4 is 5.32 Å². The Hall–Kier alpha value is -1.13. The number of hydrogen-bond acceptors (Lipinski definition) is 3. The van der Waals surface area contributed by atoms with Crippen molar-refractivity contribution in [2.24, 2.45) is 0 Å². The van der Waals surface area contributed by atoms with Crippen molar-refractivity contribution in [3.63, 3.8) is 0 Å². The van der Waals surface area contributed by atoms with Gasteiger partial charge in [-0.1, -0.05) is 11.6 Å². The fraction of sp³-hybridized carbons (Fsp3) is 0.538. The van der Waals surface area contributed by atoms with Crippen LogP contribution in [0.15, 0.2) is 12.1 Å². The Kier molecular flexibility index (Phi) is 6.68. The third-order valence-electron chi connectivity index (χ3n) is 2.50. The van der Waals surface area contributed by atoms with Crippen molar-refractivity contribution in [1.29, 1.82) is 0 Å². The summed E-state index contributed by atoms with van der Waals surface area (Å²) < 4.78 is 4.96. The van der Waals surface area contributed by atoms with Gasteiger partial charge in [0.2, 0.25) is 0 Å². The molecule has 1 amide bonds. The Morgan fingerprint density at radius 3 is 2.83 bits per heavy atom. The van der Waals surface area contributed by atoms with Gasteiger partial charge in [-0.25, -0.2) is 4.98 Å². The molecule has 18 heavy (non-hydrogen) atoms. The van der Waals surface area contributed by atoms with Crippen molar-refractivity contribution in [2.75, 3.05) is 20.3 Å². The zero-order valence-corrected chi connectivity index (χ0v) is 11.6. The van der Waals surface area contributed by atoms with Crippen LogP contribution in [0.25, 0.3) is 0 Å². The molecule has 1 N–H and O–H groups in total. The van der Waals surface area contributed by atoms with E-state index in [9.17, 15) is 4.79 Å². The van der Waals surface area contributed by atoms with E-state index in [1.54, 1.807) is 19.2 Å². The molecule has 0 aliphatic heterocycles. The number of methoxy groups -OCH3 is 1. The van der Waals surface area contributed by atoms with Gasteiger partial charge in [-0.05, 0) is 38.3 Å². The molecular weight excluding hydrogens is 252 g/mol. The Morgan fingerprint density at radius 1 is 1.39 bits per heavy atom. The van der Waals surface area contributed by atoms with E-state index in [4.69, 9.17) is 16.3 Å². The number of nitrogens with zero attached hydrogens (tertiary/aromatic N) is 1. The third kappa shape index (κ3) is 5.47.